The number of rotatable bonds is 3. The van der Waals surface area contributed by atoms with E-state index in [2.05, 4.69) is 0 Å². The van der Waals surface area contributed by atoms with Gasteiger partial charge in [0.25, 0.3) is 0 Å². The summed E-state index contributed by atoms with van der Waals surface area (Å²) < 4.78 is 20.9. The van der Waals surface area contributed by atoms with E-state index in [-0.39, 0.29) is 46.2 Å². The topological polar surface area (TPSA) is 180 Å². The summed E-state index contributed by atoms with van der Waals surface area (Å²) in [7, 11) is 2.15. The number of benzene rings is 2. The molecule has 42 heavy (non-hydrogen) atoms. The number of fused-ring (bicyclic) bond motifs is 4. The Morgan fingerprint density at radius 2 is 0.976 bits per heavy atom. The van der Waals surface area contributed by atoms with Gasteiger partial charge in [-0.15, -0.1) is 0 Å². The Morgan fingerprint density at radius 3 is 1.31 bits per heavy atom. The molecule has 0 amide bonds. The zero-order chi connectivity index (χ0) is 30.4. The smallest absolute Gasteiger partial charge is 0.342 e. The Balaban J connectivity index is 1.60. The average molecular weight is 574 g/mol. The second-order valence-corrected chi connectivity index (χ2v) is 10.3. The van der Waals surface area contributed by atoms with Crippen molar-refractivity contribution < 1.29 is 57.9 Å². The number of aromatic hydroxyl groups is 2. The maximum absolute atomic E-state index is 14.0. The highest BCUT2D eigenvalue weighted by Crippen LogP contribution is 2.45. The number of allylic oxidation sites excluding steroid dienone is 4. The average Bonchev–Trinajstić information content (AvgIpc) is 2.91. The van der Waals surface area contributed by atoms with E-state index in [1.54, 1.807) is 13.8 Å². The maximum atomic E-state index is 14.0. The van der Waals surface area contributed by atoms with Crippen molar-refractivity contribution in [3.63, 3.8) is 0 Å². The molecule has 0 unspecified atom stereocenters. The van der Waals surface area contributed by atoms with Gasteiger partial charge in [0.1, 0.15) is 34.8 Å². The Bertz CT molecular complexity index is 1670. The number of hydrogen-bond acceptors (Lipinski definition) is 12. The summed E-state index contributed by atoms with van der Waals surface area (Å²) in [5, 5.41) is 22.2. The van der Waals surface area contributed by atoms with Gasteiger partial charge in [-0.25, -0.2) is 9.59 Å². The zero-order valence-corrected chi connectivity index (χ0v) is 22.7. The lowest BCUT2D eigenvalue weighted by Gasteiger charge is -2.29. The molecule has 2 aromatic rings. The van der Waals surface area contributed by atoms with Gasteiger partial charge < -0.3 is 29.2 Å². The van der Waals surface area contributed by atoms with Gasteiger partial charge in [-0.1, -0.05) is 0 Å². The van der Waals surface area contributed by atoms with E-state index < -0.39 is 92.6 Å². The van der Waals surface area contributed by atoms with Crippen LogP contribution >= 0.6 is 0 Å². The molecule has 2 heterocycles. The number of hydrogen-bond donors (Lipinski definition) is 2. The molecule has 2 atom stereocenters. The number of Topliss-reactive ketones (excluding diaryl/α,β-unsaturated/α-hetero) is 4. The number of methoxy groups -OCH3 is 2. The molecule has 12 nitrogen and oxygen atoms in total. The van der Waals surface area contributed by atoms with Crippen LogP contribution in [0.2, 0.25) is 0 Å². The van der Waals surface area contributed by atoms with E-state index in [9.17, 15) is 39.0 Å². The third kappa shape index (κ3) is 3.47. The molecule has 0 saturated carbocycles. The molecule has 2 aliphatic carbocycles. The number of ketones is 4. The number of esters is 2. The Morgan fingerprint density at radius 1 is 0.619 bits per heavy atom. The van der Waals surface area contributed by atoms with Gasteiger partial charge in [0.2, 0.25) is 23.1 Å². The minimum Gasteiger partial charge on any atom is -0.506 e. The van der Waals surface area contributed by atoms with Crippen LogP contribution in [0.15, 0.2) is 34.8 Å². The van der Waals surface area contributed by atoms with E-state index >= 15 is 0 Å². The second kappa shape index (κ2) is 9.13. The number of ether oxygens (including phenoxy) is 4. The van der Waals surface area contributed by atoms with Crippen LogP contribution in [0.4, 0.5) is 0 Å². The summed E-state index contributed by atoms with van der Waals surface area (Å²) in [6.45, 7) is 3.25. The molecule has 0 bridgehead atoms. The quantitative estimate of drug-likeness (QED) is 0.512. The Kier molecular flexibility index (Phi) is 5.85. The van der Waals surface area contributed by atoms with Crippen molar-refractivity contribution in [2.75, 3.05) is 14.2 Å². The molecule has 0 spiro atoms. The molecule has 214 valence electrons. The summed E-state index contributed by atoms with van der Waals surface area (Å²) in [5.41, 5.74) is -3.24. The molecule has 0 radical (unpaired) electrons. The minimum absolute atomic E-state index is 0.163. The van der Waals surface area contributed by atoms with Crippen molar-refractivity contribution >= 4 is 35.1 Å². The van der Waals surface area contributed by atoms with E-state index in [0.29, 0.717) is 0 Å². The van der Waals surface area contributed by atoms with Crippen molar-refractivity contribution in [1.29, 1.82) is 0 Å². The first-order valence-corrected chi connectivity index (χ1v) is 12.9. The fraction of sp³-hybridized carbons (Fsp3) is 0.267. The van der Waals surface area contributed by atoms with E-state index in [4.69, 9.17) is 18.9 Å². The molecule has 2 aromatic carbocycles. The number of phenolic OH excluding ortho intramolecular Hbond substituents is 2. The van der Waals surface area contributed by atoms with E-state index in [1.165, 1.54) is 12.1 Å². The number of carbonyl (C=O) groups is 6. The molecule has 0 saturated heterocycles. The van der Waals surface area contributed by atoms with E-state index in [1.807, 2.05) is 0 Å². The van der Waals surface area contributed by atoms with Gasteiger partial charge in [-0.2, -0.15) is 0 Å². The third-order valence-corrected chi connectivity index (χ3v) is 7.73. The van der Waals surface area contributed by atoms with Crippen LogP contribution in [0.1, 0.15) is 87.1 Å². The Hall–Kier alpha value is -5.26. The highest BCUT2D eigenvalue weighted by Gasteiger charge is 2.47. The standard InChI is InChI=1S/C30H22O12/c1-9-5-11-7-13-17(23(33)15(11)29(37)41-9)25(35)19(27(39-3)21(13)31)20-26(36)18-14(22(32)28(20)40-4)8-12-6-10(2)42-30(38)16(12)24(18)34/h7-10,33-34H,5-6H2,1-4H3/t9-,10-/m0/s1. The molecular weight excluding hydrogens is 552 g/mol. The number of carbonyl (C=O) groups excluding carboxylic acids is 6. The van der Waals surface area contributed by atoms with Gasteiger partial charge in [-0.3, -0.25) is 19.2 Å². The number of cyclic esters (lactones) is 2. The van der Waals surface area contributed by atoms with Crippen LogP contribution in [-0.2, 0) is 31.8 Å². The Labute approximate surface area is 237 Å². The molecule has 2 aliphatic heterocycles. The zero-order valence-electron chi connectivity index (χ0n) is 22.7. The van der Waals surface area contributed by atoms with Gasteiger partial charge in [0, 0.05) is 24.0 Å². The van der Waals surface area contributed by atoms with E-state index in [0.717, 1.165) is 14.2 Å². The first kappa shape index (κ1) is 26.9. The van der Waals surface area contributed by atoms with Gasteiger partial charge in [0.05, 0.1) is 36.5 Å². The van der Waals surface area contributed by atoms with Crippen molar-refractivity contribution in [3.8, 4) is 11.5 Å². The summed E-state index contributed by atoms with van der Waals surface area (Å²) in [6, 6.07) is 2.58. The van der Waals surface area contributed by atoms with Crippen LogP contribution in [-0.4, -0.2) is 71.7 Å². The molecule has 4 aliphatic rings. The lowest BCUT2D eigenvalue weighted by atomic mass is 9.75. The summed E-state index contributed by atoms with van der Waals surface area (Å²) in [4.78, 5) is 80.7. The first-order valence-electron chi connectivity index (χ1n) is 12.9. The fourth-order valence-electron chi connectivity index (χ4n) is 6.00. The van der Waals surface area contributed by atoms with Gasteiger partial charge in [-0.05, 0) is 37.1 Å². The molecule has 0 aromatic heterocycles. The van der Waals surface area contributed by atoms with Crippen molar-refractivity contribution in [2.24, 2.45) is 0 Å². The highest BCUT2D eigenvalue weighted by atomic mass is 16.5. The monoisotopic (exact) mass is 574 g/mol. The molecule has 2 N–H and O–H groups in total. The first-order chi connectivity index (χ1) is 19.9. The molecule has 6 rings (SSSR count). The lowest BCUT2D eigenvalue weighted by Crippen LogP contribution is -2.33. The normalized spacial score (nSPS) is 21.3. The third-order valence-electron chi connectivity index (χ3n) is 7.73. The predicted molar refractivity (Wildman–Crippen MR) is 139 cm³/mol. The molecule has 12 heteroatoms. The SMILES string of the molecule is COC1=C(C2=C(OC)C(=O)c3cc4c(c(O)c3C2=O)C(=O)O[C@@H](C)C4)C(=O)c2c(cc3c(c2O)C(=O)O[C@@H](C)C3)C1=O. The van der Waals surface area contributed by atoms with Crippen LogP contribution in [0.3, 0.4) is 0 Å². The van der Waals surface area contributed by atoms with Gasteiger partial charge in [0.15, 0.2) is 11.5 Å². The minimum atomic E-state index is -1.12. The largest absolute Gasteiger partial charge is 0.506 e. The van der Waals surface area contributed by atoms with Crippen LogP contribution in [0.25, 0.3) is 0 Å². The summed E-state index contributed by atoms with van der Waals surface area (Å²) in [5.74, 6) is -8.77. The summed E-state index contributed by atoms with van der Waals surface area (Å²) in [6.07, 6.45) is -0.778. The lowest BCUT2D eigenvalue weighted by molar-refractivity contribution is 0.0285. The van der Waals surface area contributed by atoms with Crippen LogP contribution < -0.4 is 0 Å². The number of phenols is 2. The van der Waals surface area contributed by atoms with Crippen molar-refractivity contribution in [3.05, 3.63) is 79.3 Å². The van der Waals surface area contributed by atoms with Crippen molar-refractivity contribution in [1.82, 2.24) is 0 Å². The van der Waals surface area contributed by atoms with Crippen LogP contribution in [0, 0.1) is 0 Å². The molecular formula is C30H22O12. The van der Waals surface area contributed by atoms with Gasteiger partial charge >= 0.3 is 11.9 Å². The molecule has 0 fully saturated rings. The van der Waals surface area contributed by atoms with Crippen LogP contribution in [0.5, 0.6) is 11.5 Å². The second-order valence-electron chi connectivity index (χ2n) is 10.3. The van der Waals surface area contributed by atoms with Crippen molar-refractivity contribution in [2.45, 2.75) is 38.9 Å². The fourth-order valence-corrected chi connectivity index (χ4v) is 6.00. The summed E-state index contributed by atoms with van der Waals surface area (Å²) >= 11 is 0. The maximum Gasteiger partial charge on any atom is 0.342 e. The highest BCUT2D eigenvalue weighted by molar-refractivity contribution is 6.37. The predicted octanol–water partition coefficient (Wildman–Crippen LogP) is 2.56.